The zero-order valence-corrected chi connectivity index (χ0v) is 9.16. The van der Waals surface area contributed by atoms with Gasteiger partial charge in [0.15, 0.2) is 0 Å². The number of ether oxygens (including phenoxy) is 1. The molecule has 0 saturated carbocycles. The molecule has 0 saturated heterocycles. The first-order valence-corrected chi connectivity index (χ1v) is 5.02. The predicted molar refractivity (Wildman–Crippen MR) is 56.2 cm³/mol. The van der Waals surface area contributed by atoms with Gasteiger partial charge in [-0.15, -0.1) is 0 Å². The number of carbonyl (C=O) groups is 1. The molecule has 0 aliphatic rings. The van der Waals surface area contributed by atoms with Crippen molar-refractivity contribution in [3.05, 3.63) is 24.2 Å². The molecule has 2 N–H and O–H groups in total. The van der Waals surface area contributed by atoms with E-state index in [-0.39, 0.29) is 12.5 Å². The Bertz CT molecular complexity index is 308. The minimum atomic E-state index is -0.701. The standard InChI is InChI=1S/C11H17NO3/c1-3-14-10(13)11(2,8-12)7-9-5-4-6-15-9/h4-6H,3,7-8,12H2,1-2H3. The van der Waals surface area contributed by atoms with Crippen molar-refractivity contribution in [2.24, 2.45) is 11.1 Å². The minimum Gasteiger partial charge on any atom is -0.469 e. The quantitative estimate of drug-likeness (QED) is 0.746. The molecule has 0 aromatic carbocycles. The Balaban J connectivity index is 2.72. The number of esters is 1. The van der Waals surface area contributed by atoms with Crippen LogP contribution < -0.4 is 5.73 Å². The molecule has 0 fully saturated rings. The molecule has 4 heteroatoms. The summed E-state index contributed by atoms with van der Waals surface area (Å²) in [5, 5.41) is 0. The van der Waals surface area contributed by atoms with Crippen molar-refractivity contribution < 1.29 is 13.9 Å². The first-order valence-electron chi connectivity index (χ1n) is 5.02. The maximum Gasteiger partial charge on any atom is 0.313 e. The number of carbonyl (C=O) groups excluding carboxylic acids is 1. The van der Waals surface area contributed by atoms with E-state index in [0.717, 1.165) is 5.76 Å². The topological polar surface area (TPSA) is 65.5 Å². The van der Waals surface area contributed by atoms with E-state index in [0.29, 0.717) is 13.0 Å². The van der Waals surface area contributed by atoms with Gasteiger partial charge in [-0.25, -0.2) is 0 Å². The van der Waals surface area contributed by atoms with Gasteiger partial charge in [0.25, 0.3) is 0 Å². The van der Waals surface area contributed by atoms with Crippen molar-refractivity contribution in [1.82, 2.24) is 0 Å². The molecule has 1 atom stereocenters. The Morgan fingerprint density at radius 1 is 1.67 bits per heavy atom. The summed E-state index contributed by atoms with van der Waals surface area (Å²) in [5.41, 5.74) is 4.91. The average Bonchev–Trinajstić information content (AvgIpc) is 2.70. The molecule has 0 amide bonds. The summed E-state index contributed by atoms with van der Waals surface area (Å²) in [4.78, 5) is 11.7. The molecular formula is C11H17NO3. The lowest BCUT2D eigenvalue weighted by atomic mass is 9.86. The van der Waals surface area contributed by atoms with E-state index >= 15 is 0 Å². The Hall–Kier alpha value is -1.29. The van der Waals surface area contributed by atoms with Crippen molar-refractivity contribution in [1.29, 1.82) is 0 Å². The monoisotopic (exact) mass is 211 g/mol. The molecular weight excluding hydrogens is 194 g/mol. The maximum atomic E-state index is 11.7. The number of nitrogens with two attached hydrogens (primary N) is 1. The SMILES string of the molecule is CCOC(=O)C(C)(CN)Cc1ccco1. The second-order valence-electron chi connectivity index (χ2n) is 3.74. The van der Waals surface area contributed by atoms with Gasteiger partial charge in [-0.05, 0) is 26.0 Å². The smallest absolute Gasteiger partial charge is 0.313 e. The third kappa shape index (κ3) is 2.83. The Morgan fingerprint density at radius 3 is 2.87 bits per heavy atom. The lowest BCUT2D eigenvalue weighted by Gasteiger charge is -2.24. The predicted octanol–water partition coefficient (Wildman–Crippen LogP) is 1.35. The van der Waals surface area contributed by atoms with Crippen LogP contribution in [0.5, 0.6) is 0 Å². The van der Waals surface area contributed by atoms with E-state index in [9.17, 15) is 4.79 Å². The lowest BCUT2D eigenvalue weighted by molar-refractivity contribution is -0.154. The second-order valence-corrected chi connectivity index (χ2v) is 3.74. The molecule has 0 aliphatic carbocycles. The van der Waals surface area contributed by atoms with E-state index in [1.165, 1.54) is 0 Å². The summed E-state index contributed by atoms with van der Waals surface area (Å²) in [7, 11) is 0. The number of hydrogen-bond acceptors (Lipinski definition) is 4. The van der Waals surface area contributed by atoms with Gasteiger partial charge in [-0.3, -0.25) is 4.79 Å². The summed E-state index contributed by atoms with van der Waals surface area (Å²) >= 11 is 0. The molecule has 0 aliphatic heterocycles. The minimum absolute atomic E-state index is 0.243. The Morgan fingerprint density at radius 2 is 2.40 bits per heavy atom. The highest BCUT2D eigenvalue weighted by Crippen LogP contribution is 2.23. The van der Waals surface area contributed by atoms with Gasteiger partial charge in [0.05, 0.1) is 18.3 Å². The van der Waals surface area contributed by atoms with Crippen molar-refractivity contribution in [3.63, 3.8) is 0 Å². The highest BCUT2D eigenvalue weighted by Gasteiger charge is 2.34. The molecule has 1 unspecified atom stereocenters. The van der Waals surface area contributed by atoms with Crippen molar-refractivity contribution in [3.8, 4) is 0 Å². The summed E-state index contributed by atoms with van der Waals surface area (Å²) in [5.74, 6) is 0.472. The molecule has 1 heterocycles. The van der Waals surface area contributed by atoms with Crippen LogP contribution in [0.3, 0.4) is 0 Å². The highest BCUT2D eigenvalue weighted by atomic mass is 16.5. The molecule has 15 heavy (non-hydrogen) atoms. The zero-order chi connectivity index (χ0) is 11.3. The molecule has 0 spiro atoms. The third-order valence-corrected chi connectivity index (χ3v) is 2.36. The van der Waals surface area contributed by atoms with Crippen molar-refractivity contribution >= 4 is 5.97 Å². The fourth-order valence-electron chi connectivity index (χ4n) is 1.33. The summed E-state index contributed by atoms with van der Waals surface area (Å²) in [6.07, 6.45) is 2.05. The van der Waals surface area contributed by atoms with Crippen LogP contribution in [0, 0.1) is 5.41 Å². The second kappa shape index (κ2) is 4.98. The van der Waals surface area contributed by atoms with E-state index in [4.69, 9.17) is 14.9 Å². The van der Waals surface area contributed by atoms with Crippen LogP contribution in [0.4, 0.5) is 0 Å². The molecule has 1 aromatic heterocycles. The Labute approximate surface area is 89.4 Å². The first-order chi connectivity index (χ1) is 7.12. The van der Waals surface area contributed by atoms with Crippen LogP contribution in [0.25, 0.3) is 0 Å². The zero-order valence-electron chi connectivity index (χ0n) is 9.16. The van der Waals surface area contributed by atoms with Crippen molar-refractivity contribution in [2.45, 2.75) is 20.3 Å². The summed E-state index contributed by atoms with van der Waals surface area (Å²) in [6, 6.07) is 3.62. The van der Waals surface area contributed by atoms with E-state index in [1.807, 2.05) is 6.07 Å². The first kappa shape index (κ1) is 11.8. The van der Waals surface area contributed by atoms with Crippen molar-refractivity contribution in [2.75, 3.05) is 13.2 Å². The molecule has 0 bridgehead atoms. The van der Waals surface area contributed by atoms with E-state index < -0.39 is 5.41 Å². The van der Waals surface area contributed by atoms with Gasteiger partial charge in [0.2, 0.25) is 0 Å². The average molecular weight is 211 g/mol. The van der Waals surface area contributed by atoms with Gasteiger partial charge in [-0.1, -0.05) is 0 Å². The third-order valence-electron chi connectivity index (χ3n) is 2.36. The van der Waals surface area contributed by atoms with Crippen LogP contribution in [-0.2, 0) is 16.0 Å². The van der Waals surface area contributed by atoms with Crippen LogP contribution >= 0.6 is 0 Å². The van der Waals surface area contributed by atoms with Gasteiger partial charge >= 0.3 is 5.97 Å². The highest BCUT2D eigenvalue weighted by molar-refractivity contribution is 5.77. The number of furan rings is 1. The normalized spacial score (nSPS) is 14.6. The number of rotatable bonds is 5. The van der Waals surface area contributed by atoms with Crippen LogP contribution in [0.2, 0.25) is 0 Å². The fraction of sp³-hybridized carbons (Fsp3) is 0.545. The fourth-order valence-corrected chi connectivity index (χ4v) is 1.33. The van der Waals surface area contributed by atoms with Gasteiger partial charge in [0, 0.05) is 13.0 Å². The van der Waals surface area contributed by atoms with Crippen LogP contribution in [-0.4, -0.2) is 19.1 Å². The lowest BCUT2D eigenvalue weighted by Crippen LogP contribution is -2.39. The van der Waals surface area contributed by atoms with Gasteiger partial charge in [-0.2, -0.15) is 0 Å². The van der Waals surface area contributed by atoms with E-state index in [2.05, 4.69) is 0 Å². The maximum absolute atomic E-state index is 11.7. The Kier molecular flexibility index (Phi) is 3.91. The largest absolute Gasteiger partial charge is 0.469 e. The molecule has 4 nitrogen and oxygen atoms in total. The molecule has 0 radical (unpaired) electrons. The molecule has 1 aromatic rings. The summed E-state index contributed by atoms with van der Waals surface area (Å²) < 4.78 is 10.2. The van der Waals surface area contributed by atoms with Gasteiger partial charge < -0.3 is 14.9 Å². The van der Waals surface area contributed by atoms with Crippen LogP contribution in [0.15, 0.2) is 22.8 Å². The van der Waals surface area contributed by atoms with Gasteiger partial charge in [0.1, 0.15) is 5.76 Å². The van der Waals surface area contributed by atoms with Crippen LogP contribution in [0.1, 0.15) is 19.6 Å². The van der Waals surface area contributed by atoms with E-state index in [1.54, 1.807) is 26.2 Å². The molecule has 1 rings (SSSR count). The summed E-state index contributed by atoms with van der Waals surface area (Å²) in [6.45, 7) is 4.17. The number of hydrogen-bond donors (Lipinski definition) is 1. The molecule has 84 valence electrons.